The van der Waals surface area contributed by atoms with E-state index in [1.807, 2.05) is 37.3 Å². The maximum Gasteiger partial charge on any atom is 0.244 e. The third kappa shape index (κ3) is 4.26. The van der Waals surface area contributed by atoms with E-state index in [1.165, 1.54) is 0 Å². The predicted molar refractivity (Wildman–Crippen MR) is 97.1 cm³/mol. The normalized spacial score (nSPS) is 22.0. The first-order valence-electron chi connectivity index (χ1n) is 9.13. The minimum Gasteiger partial charge on any atom is -0.392 e. The summed E-state index contributed by atoms with van der Waals surface area (Å²) >= 11 is 0. The maximum absolute atomic E-state index is 9.69. The fraction of sp³-hybridized carbons (Fsp3) is 0.579. The third-order valence-corrected chi connectivity index (χ3v) is 4.98. The summed E-state index contributed by atoms with van der Waals surface area (Å²) in [5, 5.41) is 13.8. The molecule has 25 heavy (non-hydrogen) atoms. The Hall–Kier alpha value is -1.76. The number of aromatic nitrogens is 2. The van der Waals surface area contributed by atoms with Gasteiger partial charge < -0.3 is 9.63 Å². The molecule has 0 radical (unpaired) electrons. The zero-order valence-corrected chi connectivity index (χ0v) is 15.3. The average Bonchev–Trinajstić information content (AvgIpc) is 3.12. The van der Waals surface area contributed by atoms with E-state index in [4.69, 9.17) is 4.52 Å². The Morgan fingerprint density at radius 3 is 2.68 bits per heavy atom. The van der Waals surface area contributed by atoms with Crippen LogP contribution in [0.2, 0.25) is 0 Å². The van der Waals surface area contributed by atoms with E-state index in [0.717, 1.165) is 38.2 Å². The molecule has 1 fully saturated rings. The zero-order chi connectivity index (χ0) is 17.8. The monoisotopic (exact) mass is 344 g/mol. The van der Waals surface area contributed by atoms with Crippen molar-refractivity contribution >= 4 is 0 Å². The van der Waals surface area contributed by atoms with Crippen molar-refractivity contribution in [3.63, 3.8) is 0 Å². The van der Waals surface area contributed by atoms with Crippen LogP contribution in [0.15, 0.2) is 34.9 Å². The molecule has 1 aliphatic rings. The van der Waals surface area contributed by atoms with E-state index in [9.17, 15) is 5.11 Å². The van der Waals surface area contributed by atoms with Crippen molar-refractivity contribution in [2.75, 3.05) is 26.2 Å². The standard InChI is InChI=1S/C19H28N4O2/c1-4-17-13-22(10-11-23(17)12-14(2)24)15(3)19-20-18(21-25-19)16-8-6-5-7-9-16/h5-9,14-15,17,24H,4,10-13H2,1-3H3/t14-,15+,17+/m0/s1. The second-order valence-corrected chi connectivity index (χ2v) is 6.90. The van der Waals surface area contributed by atoms with E-state index >= 15 is 0 Å². The van der Waals surface area contributed by atoms with Gasteiger partial charge in [-0.15, -0.1) is 0 Å². The number of aliphatic hydroxyl groups is 1. The topological polar surface area (TPSA) is 65.6 Å². The maximum atomic E-state index is 9.69. The molecule has 0 amide bonds. The molecule has 6 nitrogen and oxygen atoms in total. The van der Waals surface area contributed by atoms with Gasteiger partial charge in [0.2, 0.25) is 11.7 Å². The van der Waals surface area contributed by atoms with Crippen molar-refractivity contribution < 1.29 is 9.63 Å². The van der Waals surface area contributed by atoms with Crippen molar-refractivity contribution in [1.29, 1.82) is 0 Å². The molecule has 1 aliphatic heterocycles. The summed E-state index contributed by atoms with van der Waals surface area (Å²) < 4.78 is 5.54. The van der Waals surface area contributed by atoms with Crippen molar-refractivity contribution in [2.24, 2.45) is 0 Å². The number of hydrogen-bond donors (Lipinski definition) is 1. The number of benzene rings is 1. The lowest BCUT2D eigenvalue weighted by atomic mass is 10.1. The average molecular weight is 344 g/mol. The Labute approximate surface area is 149 Å². The van der Waals surface area contributed by atoms with Crippen LogP contribution in [-0.2, 0) is 0 Å². The summed E-state index contributed by atoms with van der Waals surface area (Å²) in [4.78, 5) is 9.38. The van der Waals surface area contributed by atoms with Crippen LogP contribution in [0.25, 0.3) is 11.4 Å². The van der Waals surface area contributed by atoms with Gasteiger partial charge in [-0.2, -0.15) is 4.98 Å². The van der Waals surface area contributed by atoms with Gasteiger partial charge in [0.25, 0.3) is 0 Å². The van der Waals surface area contributed by atoms with Gasteiger partial charge in [-0.25, -0.2) is 0 Å². The molecule has 0 unspecified atom stereocenters. The highest BCUT2D eigenvalue weighted by Crippen LogP contribution is 2.25. The van der Waals surface area contributed by atoms with Gasteiger partial charge in [-0.1, -0.05) is 42.4 Å². The molecule has 2 heterocycles. The number of nitrogens with zero attached hydrogens (tertiary/aromatic N) is 4. The Kier molecular flexibility index (Phi) is 5.83. The zero-order valence-electron chi connectivity index (χ0n) is 15.3. The molecule has 0 bridgehead atoms. The number of aliphatic hydroxyl groups excluding tert-OH is 1. The van der Waals surface area contributed by atoms with Crippen LogP contribution < -0.4 is 0 Å². The Morgan fingerprint density at radius 1 is 1.24 bits per heavy atom. The molecule has 6 heteroatoms. The first kappa shape index (κ1) is 18.0. The minimum absolute atomic E-state index is 0.0905. The molecule has 3 rings (SSSR count). The summed E-state index contributed by atoms with van der Waals surface area (Å²) in [7, 11) is 0. The highest BCUT2D eigenvalue weighted by Gasteiger charge is 2.31. The Bertz CT molecular complexity index is 658. The molecular weight excluding hydrogens is 316 g/mol. The number of β-amino-alcohol motifs (C(OH)–C–C–N with tert-alkyl or cyclic N) is 1. The molecule has 1 aromatic heterocycles. The van der Waals surface area contributed by atoms with Crippen LogP contribution in [0.1, 0.15) is 39.1 Å². The summed E-state index contributed by atoms with van der Waals surface area (Å²) in [6.45, 7) is 9.76. The second kappa shape index (κ2) is 8.08. The van der Waals surface area contributed by atoms with Gasteiger partial charge in [-0.05, 0) is 20.3 Å². The van der Waals surface area contributed by atoms with E-state index in [0.29, 0.717) is 17.8 Å². The van der Waals surface area contributed by atoms with Crippen LogP contribution >= 0.6 is 0 Å². The third-order valence-electron chi connectivity index (χ3n) is 4.98. The summed E-state index contributed by atoms with van der Waals surface area (Å²) in [6, 6.07) is 10.4. The largest absolute Gasteiger partial charge is 0.392 e. The first-order valence-corrected chi connectivity index (χ1v) is 9.13. The van der Waals surface area contributed by atoms with Crippen molar-refractivity contribution in [3.8, 4) is 11.4 Å². The minimum atomic E-state index is -0.289. The van der Waals surface area contributed by atoms with E-state index in [2.05, 4.69) is 33.8 Å². The second-order valence-electron chi connectivity index (χ2n) is 6.90. The smallest absolute Gasteiger partial charge is 0.244 e. The van der Waals surface area contributed by atoms with Crippen LogP contribution in [0, 0.1) is 0 Å². The Morgan fingerprint density at radius 2 is 2.00 bits per heavy atom. The fourth-order valence-corrected chi connectivity index (χ4v) is 3.50. The molecule has 0 aliphatic carbocycles. The van der Waals surface area contributed by atoms with Crippen molar-refractivity contribution in [2.45, 2.75) is 45.4 Å². The van der Waals surface area contributed by atoms with E-state index in [1.54, 1.807) is 0 Å². The molecule has 0 spiro atoms. The molecular formula is C19H28N4O2. The first-order chi connectivity index (χ1) is 12.1. The predicted octanol–water partition coefficient (Wildman–Crippen LogP) is 2.57. The molecule has 1 saturated heterocycles. The molecule has 1 N–H and O–H groups in total. The van der Waals surface area contributed by atoms with Gasteiger partial charge >= 0.3 is 0 Å². The van der Waals surface area contributed by atoms with E-state index in [-0.39, 0.29) is 12.1 Å². The number of piperazine rings is 1. The van der Waals surface area contributed by atoms with Gasteiger partial charge in [0, 0.05) is 37.8 Å². The highest BCUT2D eigenvalue weighted by molar-refractivity contribution is 5.53. The van der Waals surface area contributed by atoms with Gasteiger partial charge in [-0.3, -0.25) is 9.80 Å². The number of rotatable bonds is 6. The fourth-order valence-electron chi connectivity index (χ4n) is 3.50. The lowest BCUT2D eigenvalue weighted by molar-refractivity contribution is 0.0167. The summed E-state index contributed by atoms with van der Waals surface area (Å²) in [5.74, 6) is 1.31. The van der Waals surface area contributed by atoms with Crippen LogP contribution in [0.3, 0.4) is 0 Å². The van der Waals surface area contributed by atoms with E-state index < -0.39 is 0 Å². The molecule has 3 atom stereocenters. The highest BCUT2D eigenvalue weighted by atomic mass is 16.5. The Balaban J connectivity index is 1.67. The molecule has 0 saturated carbocycles. The molecule has 2 aromatic rings. The van der Waals surface area contributed by atoms with Gasteiger partial charge in [0.15, 0.2) is 0 Å². The number of hydrogen-bond acceptors (Lipinski definition) is 6. The van der Waals surface area contributed by atoms with Crippen LogP contribution in [-0.4, -0.2) is 63.4 Å². The SMILES string of the molecule is CC[C@@H]1CN([C@H](C)c2nc(-c3ccccc3)no2)CCN1C[C@H](C)O. The summed E-state index contributed by atoms with van der Waals surface area (Å²) in [5.41, 5.74) is 0.970. The van der Waals surface area contributed by atoms with Gasteiger partial charge in [0.05, 0.1) is 12.1 Å². The van der Waals surface area contributed by atoms with Crippen molar-refractivity contribution in [1.82, 2.24) is 19.9 Å². The molecule has 136 valence electrons. The summed E-state index contributed by atoms with van der Waals surface area (Å²) in [6.07, 6.45) is 0.775. The van der Waals surface area contributed by atoms with Crippen LogP contribution in [0.5, 0.6) is 0 Å². The van der Waals surface area contributed by atoms with Crippen molar-refractivity contribution in [3.05, 3.63) is 36.2 Å². The lowest BCUT2D eigenvalue weighted by Crippen LogP contribution is -2.54. The quantitative estimate of drug-likeness (QED) is 0.869. The molecule has 1 aromatic carbocycles. The lowest BCUT2D eigenvalue weighted by Gasteiger charge is -2.43. The van der Waals surface area contributed by atoms with Gasteiger partial charge in [0.1, 0.15) is 0 Å². The van der Waals surface area contributed by atoms with Crippen LogP contribution in [0.4, 0.5) is 0 Å².